The average Bonchev–Trinajstić information content (AvgIpc) is 3.60. The predicted molar refractivity (Wildman–Crippen MR) is 112 cm³/mol. The lowest BCUT2D eigenvalue weighted by Gasteiger charge is -2.16. The standard InChI is InChI=1S/C22H16F3N5O2/c1-32-16-10-13-7-9-27-18-15(11-28-19(17(13)18)20(16)31)26-8-6-12-2-4-14(5-3-12)21(29-30-21)22(23,24)25/h2-5,7,9-11,31H,6,8H2,1H3. The predicted octanol–water partition coefficient (Wildman–Crippen LogP) is 4.88. The van der Waals surface area contributed by atoms with Gasteiger partial charge in [-0.1, -0.05) is 24.3 Å². The molecule has 32 heavy (non-hydrogen) atoms. The fraction of sp³-hybridized carbons (Fsp3) is 0.227. The number of ether oxygens (including phenoxy) is 1. The van der Waals surface area contributed by atoms with Gasteiger partial charge in [-0.2, -0.15) is 13.2 Å². The molecule has 0 spiro atoms. The van der Waals surface area contributed by atoms with Crippen LogP contribution in [0.25, 0.3) is 10.8 Å². The van der Waals surface area contributed by atoms with Gasteiger partial charge in [0.25, 0.3) is 0 Å². The van der Waals surface area contributed by atoms with Gasteiger partial charge in [-0.05, 0) is 29.5 Å². The number of nitrogens with zero attached hydrogens (tertiary/aromatic N) is 5. The second-order valence-corrected chi connectivity index (χ2v) is 7.38. The Morgan fingerprint density at radius 1 is 1.12 bits per heavy atom. The normalized spacial score (nSPS) is 17.2. The highest BCUT2D eigenvalue weighted by atomic mass is 19.4. The lowest BCUT2D eigenvalue weighted by molar-refractivity contribution is -0.166. The number of aliphatic imine (C=N–C) groups is 2. The van der Waals surface area contributed by atoms with E-state index in [1.807, 2.05) is 0 Å². The summed E-state index contributed by atoms with van der Waals surface area (Å²) in [4.78, 5) is 13.3. The van der Waals surface area contributed by atoms with E-state index < -0.39 is 11.8 Å². The Morgan fingerprint density at radius 3 is 2.53 bits per heavy atom. The van der Waals surface area contributed by atoms with Gasteiger partial charge < -0.3 is 9.84 Å². The third-order valence-electron chi connectivity index (χ3n) is 5.48. The van der Waals surface area contributed by atoms with E-state index in [1.54, 1.807) is 30.5 Å². The summed E-state index contributed by atoms with van der Waals surface area (Å²) >= 11 is 0. The zero-order chi connectivity index (χ0) is 22.5. The molecule has 0 radical (unpaired) electrons. The smallest absolute Gasteiger partial charge is 0.442 e. The third-order valence-corrected chi connectivity index (χ3v) is 5.48. The summed E-state index contributed by atoms with van der Waals surface area (Å²) in [5.41, 5.74) is -0.0248. The van der Waals surface area contributed by atoms with Crippen LogP contribution in [0.3, 0.4) is 0 Å². The molecule has 2 aliphatic rings. The van der Waals surface area contributed by atoms with E-state index in [4.69, 9.17) is 4.74 Å². The van der Waals surface area contributed by atoms with Crippen molar-refractivity contribution in [1.82, 2.24) is 4.98 Å². The van der Waals surface area contributed by atoms with Crippen LogP contribution in [0.4, 0.5) is 18.9 Å². The second-order valence-electron chi connectivity index (χ2n) is 7.38. The van der Waals surface area contributed by atoms with Crippen LogP contribution in [-0.2, 0) is 12.1 Å². The molecule has 2 aliphatic heterocycles. The summed E-state index contributed by atoms with van der Waals surface area (Å²) in [6.07, 6.45) is -0.837. The molecule has 3 heterocycles. The highest BCUT2D eigenvalue weighted by molar-refractivity contribution is 6.43. The number of hydrogen-bond acceptors (Lipinski definition) is 7. The number of phenolic OH excluding ortho intramolecular Hbond substituents is 1. The van der Waals surface area contributed by atoms with Gasteiger partial charge in [-0.25, -0.2) is 4.99 Å². The average molecular weight is 439 g/mol. The highest BCUT2D eigenvalue weighted by Gasteiger charge is 2.65. The molecular formula is C22H16F3N5O2. The Morgan fingerprint density at radius 2 is 1.88 bits per heavy atom. The largest absolute Gasteiger partial charge is 0.503 e. The molecule has 7 nitrogen and oxygen atoms in total. The number of rotatable bonds is 5. The van der Waals surface area contributed by atoms with E-state index in [1.165, 1.54) is 25.5 Å². The Labute approximate surface area is 180 Å². The zero-order valence-corrected chi connectivity index (χ0v) is 16.8. The van der Waals surface area contributed by atoms with Crippen molar-refractivity contribution in [2.45, 2.75) is 18.3 Å². The number of methoxy groups -OCH3 is 1. The maximum atomic E-state index is 13.1. The summed E-state index contributed by atoms with van der Waals surface area (Å²) in [5.74, 6) is 0.264. The number of aromatic nitrogens is 1. The lowest BCUT2D eigenvalue weighted by atomic mass is 10.0. The molecule has 0 atom stereocenters. The number of pyridine rings is 1. The van der Waals surface area contributed by atoms with Gasteiger partial charge in [0.2, 0.25) is 0 Å². The number of aromatic hydroxyl groups is 1. The summed E-state index contributed by atoms with van der Waals surface area (Å²) in [7, 11) is 1.47. The molecule has 1 N–H and O–H groups in total. The van der Waals surface area contributed by atoms with Gasteiger partial charge in [0.15, 0.2) is 11.5 Å². The van der Waals surface area contributed by atoms with Crippen molar-refractivity contribution in [2.75, 3.05) is 13.7 Å². The minimum atomic E-state index is -4.54. The van der Waals surface area contributed by atoms with Crippen molar-refractivity contribution in [2.24, 2.45) is 20.2 Å². The van der Waals surface area contributed by atoms with E-state index in [2.05, 4.69) is 25.2 Å². The maximum Gasteiger partial charge on any atom is 0.442 e. The van der Waals surface area contributed by atoms with Crippen LogP contribution < -0.4 is 4.74 Å². The molecular weight excluding hydrogens is 423 g/mol. The van der Waals surface area contributed by atoms with Crippen molar-refractivity contribution >= 4 is 28.4 Å². The van der Waals surface area contributed by atoms with Crippen LogP contribution in [-0.4, -0.2) is 41.8 Å². The Kier molecular flexibility index (Phi) is 4.47. The van der Waals surface area contributed by atoms with E-state index in [-0.39, 0.29) is 11.3 Å². The first-order valence-corrected chi connectivity index (χ1v) is 9.72. The molecule has 162 valence electrons. The fourth-order valence-electron chi connectivity index (χ4n) is 3.72. The summed E-state index contributed by atoms with van der Waals surface area (Å²) in [5, 5.41) is 18.3. The van der Waals surface area contributed by atoms with Crippen LogP contribution in [0.2, 0.25) is 0 Å². The van der Waals surface area contributed by atoms with Crippen LogP contribution in [0.15, 0.2) is 62.8 Å². The van der Waals surface area contributed by atoms with Crippen LogP contribution in [0, 0.1) is 0 Å². The SMILES string of the molecule is COc1cc2ccnc3c2c(c1O)N=CC3=NCCc1ccc(C2(C(F)(F)F)N=N2)cc1. The molecule has 0 bridgehead atoms. The van der Waals surface area contributed by atoms with Crippen LogP contribution >= 0.6 is 0 Å². The second kappa shape index (κ2) is 7.11. The van der Waals surface area contributed by atoms with E-state index in [0.29, 0.717) is 41.2 Å². The van der Waals surface area contributed by atoms with Crippen molar-refractivity contribution in [3.05, 3.63) is 59.4 Å². The van der Waals surface area contributed by atoms with Crippen molar-refractivity contribution < 1.29 is 23.0 Å². The monoisotopic (exact) mass is 439 g/mol. The number of alkyl halides is 3. The van der Waals surface area contributed by atoms with Crippen molar-refractivity contribution in [1.29, 1.82) is 0 Å². The molecule has 0 saturated carbocycles. The Bertz CT molecular complexity index is 1310. The third kappa shape index (κ3) is 3.10. The lowest BCUT2D eigenvalue weighted by Crippen LogP contribution is -2.30. The summed E-state index contributed by atoms with van der Waals surface area (Å²) < 4.78 is 44.5. The molecule has 0 saturated heterocycles. The number of benzene rings is 2. The van der Waals surface area contributed by atoms with Crippen molar-refractivity contribution in [3.63, 3.8) is 0 Å². The Hall–Kier alpha value is -3.82. The first kappa shape index (κ1) is 20.1. The van der Waals surface area contributed by atoms with Gasteiger partial charge in [-0.3, -0.25) is 9.98 Å². The van der Waals surface area contributed by atoms with Gasteiger partial charge in [0.05, 0.1) is 19.0 Å². The summed E-state index contributed by atoms with van der Waals surface area (Å²) in [6.45, 7) is 0.384. The van der Waals surface area contributed by atoms with Gasteiger partial charge in [0.1, 0.15) is 11.4 Å². The minimum absolute atomic E-state index is 0.00204. The Balaban J connectivity index is 1.36. The number of halogens is 3. The van der Waals surface area contributed by atoms with Crippen LogP contribution in [0.5, 0.6) is 11.5 Å². The first-order chi connectivity index (χ1) is 15.3. The van der Waals surface area contributed by atoms with E-state index >= 15 is 0 Å². The fourth-order valence-corrected chi connectivity index (χ4v) is 3.72. The molecule has 0 amide bonds. The zero-order valence-electron chi connectivity index (χ0n) is 16.8. The molecule has 3 aromatic rings. The number of phenols is 1. The van der Waals surface area contributed by atoms with E-state index in [9.17, 15) is 18.3 Å². The molecule has 5 rings (SSSR count). The highest BCUT2D eigenvalue weighted by Crippen LogP contribution is 2.52. The molecule has 10 heteroatoms. The van der Waals surface area contributed by atoms with E-state index in [0.717, 1.165) is 10.9 Å². The van der Waals surface area contributed by atoms with Gasteiger partial charge in [0, 0.05) is 23.7 Å². The van der Waals surface area contributed by atoms with Crippen molar-refractivity contribution in [3.8, 4) is 11.5 Å². The molecule has 2 aromatic carbocycles. The molecule has 0 fully saturated rings. The van der Waals surface area contributed by atoms with Gasteiger partial charge >= 0.3 is 11.8 Å². The first-order valence-electron chi connectivity index (χ1n) is 9.72. The molecule has 0 aliphatic carbocycles. The molecule has 1 aromatic heterocycles. The topological polar surface area (TPSA) is 91.8 Å². The molecule has 0 unspecified atom stereocenters. The number of hydrogen-bond donors (Lipinski definition) is 1. The quantitative estimate of drug-likeness (QED) is 0.614. The van der Waals surface area contributed by atoms with Crippen LogP contribution in [0.1, 0.15) is 16.8 Å². The summed E-state index contributed by atoms with van der Waals surface area (Å²) in [6, 6.07) is 9.56. The maximum absolute atomic E-state index is 13.1. The minimum Gasteiger partial charge on any atom is -0.503 e. The van der Waals surface area contributed by atoms with Gasteiger partial charge in [-0.15, -0.1) is 10.2 Å².